The average molecular weight is 339 g/mol. The van der Waals surface area contributed by atoms with Crippen LogP contribution in [0.3, 0.4) is 0 Å². The molecule has 0 aromatic heterocycles. The molecule has 2 aromatic carbocycles. The Balaban J connectivity index is 1.50. The second-order valence-electron chi connectivity index (χ2n) is 6.22. The first-order chi connectivity index (χ1) is 12.2. The molecule has 1 saturated heterocycles. The van der Waals surface area contributed by atoms with Gasteiger partial charge in [0, 0.05) is 31.0 Å². The number of urea groups is 1. The number of carbonyl (C=O) groups is 1. The molecule has 2 aromatic rings. The van der Waals surface area contributed by atoms with E-state index in [0.29, 0.717) is 0 Å². The summed E-state index contributed by atoms with van der Waals surface area (Å²) in [7, 11) is 0. The molecule has 0 spiro atoms. The second-order valence-corrected chi connectivity index (χ2v) is 6.22. The Morgan fingerprint density at radius 3 is 1.96 bits per heavy atom. The minimum Gasteiger partial charge on any atom is -0.379 e. The van der Waals surface area contributed by atoms with Crippen LogP contribution in [0.2, 0.25) is 0 Å². The molecule has 1 aliphatic rings. The van der Waals surface area contributed by atoms with E-state index in [2.05, 4.69) is 34.6 Å². The fourth-order valence-corrected chi connectivity index (χ4v) is 2.83. The van der Waals surface area contributed by atoms with Gasteiger partial charge in [-0.15, -0.1) is 0 Å². The molecule has 25 heavy (non-hydrogen) atoms. The smallest absolute Gasteiger partial charge is 0.323 e. The van der Waals surface area contributed by atoms with Crippen molar-refractivity contribution in [3.63, 3.8) is 0 Å². The summed E-state index contributed by atoms with van der Waals surface area (Å²) in [6, 6.07) is 15.7. The average Bonchev–Trinajstić information content (AvgIpc) is 2.65. The zero-order valence-corrected chi connectivity index (χ0v) is 14.6. The number of amides is 2. The van der Waals surface area contributed by atoms with Crippen molar-refractivity contribution in [1.29, 1.82) is 0 Å². The van der Waals surface area contributed by atoms with E-state index >= 15 is 0 Å². The van der Waals surface area contributed by atoms with E-state index in [1.165, 1.54) is 11.1 Å². The predicted octanol–water partition coefficient (Wildman–Crippen LogP) is 3.73. The standard InChI is InChI=1S/C20H25N3O2/c1-2-16-3-7-18(8-4-16)21-20(24)22-19-9-5-17(6-10-19)15-23-11-13-25-14-12-23/h3-10H,2,11-15H2,1H3,(H2,21,22,24). The maximum Gasteiger partial charge on any atom is 0.323 e. The largest absolute Gasteiger partial charge is 0.379 e. The van der Waals surface area contributed by atoms with E-state index in [0.717, 1.165) is 50.6 Å². The third-order valence-corrected chi connectivity index (χ3v) is 4.34. The summed E-state index contributed by atoms with van der Waals surface area (Å²) in [6.07, 6.45) is 0.989. The van der Waals surface area contributed by atoms with Gasteiger partial charge in [0.25, 0.3) is 0 Å². The van der Waals surface area contributed by atoms with Gasteiger partial charge in [-0.1, -0.05) is 31.2 Å². The number of nitrogens with one attached hydrogen (secondary N) is 2. The lowest BCUT2D eigenvalue weighted by molar-refractivity contribution is 0.0342. The van der Waals surface area contributed by atoms with Crippen LogP contribution in [0.4, 0.5) is 16.2 Å². The second kappa shape index (κ2) is 8.65. The summed E-state index contributed by atoms with van der Waals surface area (Å²) in [4.78, 5) is 14.5. The number of ether oxygens (including phenoxy) is 1. The van der Waals surface area contributed by atoms with Crippen LogP contribution < -0.4 is 10.6 Å². The van der Waals surface area contributed by atoms with Crippen LogP contribution in [-0.2, 0) is 17.7 Å². The summed E-state index contributed by atoms with van der Waals surface area (Å²) in [5.74, 6) is 0. The molecule has 0 atom stereocenters. The molecule has 1 fully saturated rings. The van der Waals surface area contributed by atoms with Crippen LogP contribution in [0.25, 0.3) is 0 Å². The Morgan fingerprint density at radius 1 is 0.920 bits per heavy atom. The predicted molar refractivity (Wildman–Crippen MR) is 101 cm³/mol. The van der Waals surface area contributed by atoms with Gasteiger partial charge in [-0.25, -0.2) is 4.79 Å². The fourth-order valence-electron chi connectivity index (χ4n) is 2.83. The number of morpholine rings is 1. The van der Waals surface area contributed by atoms with Crippen molar-refractivity contribution in [2.75, 3.05) is 36.9 Å². The molecule has 2 amide bonds. The Labute approximate surface area is 149 Å². The van der Waals surface area contributed by atoms with Crippen molar-refractivity contribution in [2.45, 2.75) is 19.9 Å². The maximum absolute atomic E-state index is 12.1. The third-order valence-electron chi connectivity index (χ3n) is 4.34. The minimum absolute atomic E-state index is 0.231. The van der Waals surface area contributed by atoms with Crippen LogP contribution in [0.5, 0.6) is 0 Å². The number of aryl methyl sites for hydroxylation is 1. The third kappa shape index (κ3) is 5.31. The lowest BCUT2D eigenvalue weighted by atomic mass is 10.1. The number of nitrogens with zero attached hydrogens (tertiary/aromatic N) is 1. The maximum atomic E-state index is 12.1. The van der Waals surface area contributed by atoms with Crippen molar-refractivity contribution in [3.8, 4) is 0 Å². The van der Waals surface area contributed by atoms with Crippen molar-refractivity contribution < 1.29 is 9.53 Å². The van der Waals surface area contributed by atoms with E-state index in [9.17, 15) is 4.79 Å². The van der Waals surface area contributed by atoms with Gasteiger partial charge in [-0.2, -0.15) is 0 Å². The van der Waals surface area contributed by atoms with E-state index < -0.39 is 0 Å². The molecular weight excluding hydrogens is 314 g/mol. The molecule has 0 radical (unpaired) electrons. The minimum atomic E-state index is -0.231. The van der Waals surface area contributed by atoms with E-state index in [1.54, 1.807) is 0 Å². The molecule has 3 rings (SSSR count). The van der Waals surface area contributed by atoms with Gasteiger partial charge in [-0.3, -0.25) is 4.90 Å². The summed E-state index contributed by atoms with van der Waals surface area (Å²) in [5.41, 5.74) is 4.07. The Hall–Kier alpha value is -2.37. The zero-order valence-electron chi connectivity index (χ0n) is 14.6. The number of rotatable bonds is 5. The van der Waals surface area contributed by atoms with E-state index in [-0.39, 0.29) is 6.03 Å². The van der Waals surface area contributed by atoms with Gasteiger partial charge in [0.05, 0.1) is 13.2 Å². The number of carbonyl (C=O) groups excluding carboxylic acids is 1. The first-order valence-corrected chi connectivity index (χ1v) is 8.79. The Bertz CT molecular complexity index is 677. The quantitative estimate of drug-likeness (QED) is 0.873. The Kier molecular flexibility index (Phi) is 6.04. The SMILES string of the molecule is CCc1ccc(NC(=O)Nc2ccc(CN3CCOCC3)cc2)cc1. The highest BCUT2D eigenvalue weighted by molar-refractivity contribution is 5.99. The summed E-state index contributed by atoms with van der Waals surface area (Å²) in [5, 5.41) is 5.72. The van der Waals surface area contributed by atoms with Crippen LogP contribution in [-0.4, -0.2) is 37.2 Å². The fraction of sp³-hybridized carbons (Fsp3) is 0.350. The molecule has 0 aliphatic carbocycles. The number of anilines is 2. The highest BCUT2D eigenvalue weighted by Gasteiger charge is 2.10. The topological polar surface area (TPSA) is 53.6 Å². The lowest BCUT2D eigenvalue weighted by Gasteiger charge is -2.26. The number of benzene rings is 2. The molecule has 1 aliphatic heterocycles. The van der Waals surface area contributed by atoms with E-state index in [1.807, 2.05) is 36.4 Å². The summed E-state index contributed by atoms with van der Waals surface area (Å²) in [6.45, 7) is 6.58. The van der Waals surface area contributed by atoms with Gasteiger partial charge in [0.1, 0.15) is 0 Å². The van der Waals surface area contributed by atoms with Crippen LogP contribution in [0.1, 0.15) is 18.1 Å². The van der Waals surface area contributed by atoms with Gasteiger partial charge < -0.3 is 15.4 Å². The molecule has 0 unspecified atom stereocenters. The van der Waals surface area contributed by atoms with Crippen molar-refractivity contribution in [3.05, 3.63) is 59.7 Å². The highest BCUT2D eigenvalue weighted by Crippen LogP contribution is 2.14. The zero-order chi connectivity index (χ0) is 17.5. The molecule has 132 valence electrons. The van der Waals surface area contributed by atoms with Crippen molar-refractivity contribution in [2.24, 2.45) is 0 Å². The van der Waals surface area contributed by atoms with Gasteiger partial charge in [0.15, 0.2) is 0 Å². The van der Waals surface area contributed by atoms with Gasteiger partial charge in [-0.05, 0) is 41.8 Å². The van der Waals surface area contributed by atoms with Crippen LogP contribution in [0, 0.1) is 0 Å². The Morgan fingerprint density at radius 2 is 1.44 bits per heavy atom. The van der Waals surface area contributed by atoms with Gasteiger partial charge >= 0.3 is 6.03 Å². The molecule has 0 saturated carbocycles. The molecule has 2 N–H and O–H groups in total. The molecule has 1 heterocycles. The first kappa shape index (κ1) is 17.5. The van der Waals surface area contributed by atoms with Crippen LogP contribution in [0.15, 0.2) is 48.5 Å². The summed E-state index contributed by atoms with van der Waals surface area (Å²) >= 11 is 0. The number of hydrogen-bond donors (Lipinski definition) is 2. The van der Waals surface area contributed by atoms with E-state index in [4.69, 9.17) is 4.74 Å². The molecular formula is C20H25N3O2. The lowest BCUT2D eigenvalue weighted by Crippen LogP contribution is -2.35. The van der Waals surface area contributed by atoms with Gasteiger partial charge in [0.2, 0.25) is 0 Å². The normalized spacial score (nSPS) is 14.9. The highest BCUT2D eigenvalue weighted by atomic mass is 16.5. The molecule has 5 nitrogen and oxygen atoms in total. The monoisotopic (exact) mass is 339 g/mol. The molecule has 0 bridgehead atoms. The van der Waals surface area contributed by atoms with Crippen LogP contribution >= 0.6 is 0 Å². The summed E-state index contributed by atoms with van der Waals surface area (Å²) < 4.78 is 5.37. The van der Waals surface area contributed by atoms with Crippen molar-refractivity contribution >= 4 is 17.4 Å². The van der Waals surface area contributed by atoms with Crippen molar-refractivity contribution in [1.82, 2.24) is 4.90 Å². The first-order valence-electron chi connectivity index (χ1n) is 8.79. The molecule has 5 heteroatoms. The number of hydrogen-bond acceptors (Lipinski definition) is 3.